The van der Waals surface area contributed by atoms with Crippen LogP contribution in [0.1, 0.15) is 26.2 Å². The van der Waals surface area contributed by atoms with Crippen molar-refractivity contribution in [3.63, 3.8) is 0 Å². The van der Waals surface area contributed by atoms with Crippen LogP contribution in [0.4, 0.5) is 5.69 Å². The molecule has 0 aromatic heterocycles. The summed E-state index contributed by atoms with van der Waals surface area (Å²) in [5.74, 6) is 0. The number of nitrogens with one attached hydrogen (secondary N) is 1. The molecule has 1 aromatic rings. The van der Waals surface area contributed by atoms with Crippen molar-refractivity contribution < 1.29 is 0 Å². The minimum Gasteiger partial charge on any atom is -0.370 e. The standard InChI is InChI=1S/C14H20Cl2N2/c1-2-7-17-12-5-8-18(9-6-12)14-4-3-11(15)10-13(14)16/h3-4,10,12,17H,2,5-9H2,1H3. The quantitative estimate of drug-likeness (QED) is 0.901. The Bertz CT molecular complexity index is 387. The van der Waals surface area contributed by atoms with Gasteiger partial charge in [-0.1, -0.05) is 30.1 Å². The minimum absolute atomic E-state index is 0.660. The van der Waals surface area contributed by atoms with E-state index in [1.165, 1.54) is 19.3 Å². The number of hydrogen-bond acceptors (Lipinski definition) is 2. The van der Waals surface area contributed by atoms with Crippen LogP contribution in [-0.4, -0.2) is 25.7 Å². The summed E-state index contributed by atoms with van der Waals surface area (Å²) >= 11 is 12.2. The fraction of sp³-hybridized carbons (Fsp3) is 0.571. The van der Waals surface area contributed by atoms with E-state index in [9.17, 15) is 0 Å². The average molecular weight is 287 g/mol. The first kappa shape index (κ1) is 14.0. The molecule has 2 nitrogen and oxygen atoms in total. The van der Waals surface area contributed by atoms with Gasteiger partial charge in [0.2, 0.25) is 0 Å². The highest BCUT2D eigenvalue weighted by Gasteiger charge is 2.20. The molecule has 0 aliphatic carbocycles. The molecule has 1 aromatic carbocycles. The summed E-state index contributed by atoms with van der Waals surface area (Å²) in [5, 5.41) is 5.04. The molecule has 1 aliphatic rings. The first-order chi connectivity index (χ1) is 8.70. The van der Waals surface area contributed by atoms with E-state index in [4.69, 9.17) is 23.2 Å². The van der Waals surface area contributed by atoms with Crippen LogP contribution in [0.3, 0.4) is 0 Å². The van der Waals surface area contributed by atoms with Gasteiger partial charge in [-0.2, -0.15) is 0 Å². The summed E-state index contributed by atoms with van der Waals surface area (Å²) in [7, 11) is 0. The van der Waals surface area contributed by atoms with Crippen LogP contribution in [0.25, 0.3) is 0 Å². The molecule has 0 radical (unpaired) electrons. The van der Waals surface area contributed by atoms with E-state index >= 15 is 0 Å². The molecule has 1 heterocycles. The molecule has 18 heavy (non-hydrogen) atoms. The fourth-order valence-corrected chi connectivity index (χ4v) is 2.94. The number of nitrogens with zero attached hydrogens (tertiary/aromatic N) is 1. The second kappa shape index (κ2) is 6.65. The van der Waals surface area contributed by atoms with Crippen molar-refractivity contribution in [1.29, 1.82) is 0 Å². The lowest BCUT2D eigenvalue weighted by atomic mass is 10.0. The number of hydrogen-bond donors (Lipinski definition) is 1. The fourth-order valence-electron chi connectivity index (χ4n) is 2.41. The Morgan fingerprint density at radius 3 is 2.61 bits per heavy atom. The first-order valence-corrected chi connectivity index (χ1v) is 7.39. The highest BCUT2D eigenvalue weighted by molar-refractivity contribution is 6.36. The van der Waals surface area contributed by atoms with E-state index in [1.807, 2.05) is 18.2 Å². The van der Waals surface area contributed by atoms with Gasteiger partial charge in [0.25, 0.3) is 0 Å². The second-order valence-electron chi connectivity index (χ2n) is 4.81. The van der Waals surface area contributed by atoms with Gasteiger partial charge in [0, 0.05) is 24.2 Å². The van der Waals surface area contributed by atoms with E-state index in [1.54, 1.807) is 0 Å². The van der Waals surface area contributed by atoms with Crippen LogP contribution >= 0.6 is 23.2 Å². The predicted octanol–water partition coefficient (Wildman–Crippen LogP) is 3.96. The summed E-state index contributed by atoms with van der Waals surface area (Å²) in [5.41, 5.74) is 1.11. The van der Waals surface area contributed by atoms with Crippen molar-refractivity contribution in [3.8, 4) is 0 Å². The van der Waals surface area contributed by atoms with Gasteiger partial charge in [-0.3, -0.25) is 0 Å². The Morgan fingerprint density at radius 2 is 2.00 bits per heavy atom. The monoisotopic (exact) mass is 286 g/mol. The maximum atomic E-state index is 6.24. The smallest absolute Gasteiger partial charge is 0.0654 e. The molecule has 1 N–H and O–H groups in total. The van der Waals surface area contributed by atoms with Crippen LogP contribution in [-0.2, 0) is 0 Å². The molecule has 1 saturated heterocycles. The summed E-state index contributed by atoms with van der Waals surface area (Å²) in [6.07, 6.45) is 3.56. The van der Waals surface area contributed by atoms with Gasteiger partial charge in [0.15, 0.2) is 0 Å². The van der Waals surface area contributed by atoms with Crippen LogP contribution < -0.4 is 10.2 Å². The van der Waals surface area contributed by atoms with Crippen LogP contribution in [0.5, 0.6) is 0 Å². The maximum Gasteiger partial charge on any atom is 0.0654 e. The molecule has 1 aliphatic heterocycles. The van der Waals surface area contributed by atoms with Crippen LogP contribution in [0.2, 0.25) is 10.0 Å². The molecular formula is C14H20Cl2N2. The summed E-state index contributed by atoms with van der Waals surface area (Å²) in [4.78, 5) is 2.35. The molecule has 0 saturated carbocycles. The number of benzene rings is 1. The van der Waals surface area contributed by atoms with E-state index in [0.717, 1.165) is 30.3 Å². The topological polar surface area (TPSA) is 15.3 Å². The van der Waals surface area contributed by atoms with Crippen molar-refractivity contribution in [2.24, 2.45) is 0 Å². The van der Waals surface area contributed by atoms with Crippen molar-refractivity contribution >= 4 is 28.9 Å². The molecule has 2 rings (SSSR count). The third-order valence-corrected chi connectivity index (χ3v) is 3.97. The SMILES string of the molecule is CCCNC1CCN(c2ccc(Cl)cc2Cl)CC1. The van der Waals surface area contributed by atoms with Gasteiger partial charge in [-0.05, 0) is 44.0 Å². The van der Waals surface area contributed by atoms with Crippen molar-refractivity contribution in [3.05, 3.63) is 28.2 Å². The van der Waals surface area contributed by atoms with Gasteiger partial charge in [-0.15, -0.1) is 0 Å². The normalized spacial score (nSPS) is 17.2. The number of rotatable bonds is 4. The summed E-state index contributed by atoms with van der Waals surface area (Å²) in [6.45, 7) is 5.44. The van der Waals surface area contributed by atoms with E-state index in [2.05, 4.69) is 17.1 Å². The zero-order valence-electron chi connectivity index (χ0n) is 10.8. The number of piperidine rings is 1. The Kier molecular flexibility index (Phi) is 5.16. The molecule has 0 bridgehead atoms. The maximum absolute atomic E-state index is 6.24. The summed E-state index contributed by atoms with van der Waals surface area (Å²) < 4.78 is 0. The van der Waals surface area contributed by atoms with Gasteiger partial charge in [-0.25, -0.2) is 0 Å². The zero-order chi connectivity index (χ0) is 13.0. The molecule has 0 amide bonds. The molecule has 0 unspecified atom stereocenters. The molecule has 0 atom stereocenters. The largest absolute Gasteiger partial charge is 0.370 e. The van der Waals surface area contributed by atoms with Crippen molar-refractivity contribution in [2.45, 2.75) is 32.2 Å². The Hall–Kier alpha value is -0.440. The Morgan fingerprint density at radius 1 is 1.28 bits per heavy atom. The van der Waals surface area contributed by atoms with Crippen LogP contribution in [0, 0.1) is 0 Å². The average Bonchev–Trinajstić information content (AvgIpc) is 2.37. The highest BCUT2D eigenvalue weighted by atomic mass is 35.5. The predicted molar refractivity (Wildman–Crippen MR) is 80.0 cm³/mol. The van der Waals surface area contributed by atoms with Crippen molar-refractivity contribution in [1.82, 2.24) is 5.32 Å². The van der Waals surface area contributed by atoms with E-state index in [0.29, 0.717) is 11.1 Å². The lowest BCUT2D eigenvalue weighted by molar-refractivity contribution is 0.416. The molecule has 100 valence electrons. The minimum atomic E-state index is 0.660. The summed E-state index contributed by atoms with van der Waals surface area (Å²) in [6, 6.07) is 6.40. The van der Waals surface area contributed by atoms with Gasteiger partial charge in [0.1, 0.15) is 0 Å². The highest BCUT2D eigenvalue weighted by Crippen LogP contribution is 2.30. The Balaban J connectivity index is 1.93. The van der Waals surface area contributed by atoms with E-state index < -0.39 is 0 Å². The number of anilines is 1. The molecule has 4 heteroatoms. The van der Waals surface area contributed by atoms with Crippen molar-refractivity contribution in [2.75, 3.05) is 24.5 Å². The third kappa shape index (κ3) is 3.53. The van der Waals surface area contributed by atoms with Gasteiger partial charge >= 0.3 is 0 Å². The Labute approximate surface area is 119 Å². The molecule has 1 fully saturated rings. The van der Waals surface area contributed by atoms with E-state index in [-0.39, 0.29) is 0 Å². The third-order valence-electron chi connectivity index (χ3n) is 3.43. The lowest BCUT2D eigenvalue weighted by Gasteiger charge is -2.34. The molecular weight excluding hydrogens is 267 g/mol. The first-order valence-electron chi connectivity index (χ1n) is 6.64. The zero-order valence-corrected chi connectivity index (χ0v) is 12.3. The second-order valence-corrected chi connectivity index (χ2v) is 5.65. The lowest BCUT2D eigenvalue weighted by Crippen LogP contribution is -2.42. The van der Waals surface area contributed by atoms with Crippen LogP contribution in [0.15, 0.2) is 18.2 Å². The van der Waals surface area contributed by atoms with Gasteiger partial charge < -0.3 is 10.2 Å². The molecule has 0 spiro atoms. The number of halogens is 2. The van der Waals surface area contributed by atoms with Gasteiger partial charge in [0.05, 0.1) is 10.7 Å².